The van der Waals surface area contributed by atoms with Gasteiger partial charge in [-0.3, -0.25) is 0 Å². The molecule has 1 aromatic rings. The number of hydrogen-bond donors (Lipinski definition) is 1. The van der Waals surface area contributed by atoms with Gasteiger partial charge in [0, 0.05) is 17.6 Å². The molecule has 2 rings (SSSR count). The van der Waals surface area contributed by atoms with Crippen molar-refractivity contribution in [2.24, 2.45) is 5.41 Å². The van der Waals surface area contributed by atoms with Crippen LogP contribution in [0.5, 0.6) is 0 Å². The molecule has 4 nitrogen and oxygen atoms in total. The van der Waals surface area contributed by atoms with Gasteiger partial charge < -0.3 is 5.11 Å². The van der Waals surface area contributed by atoms with Crippen LogP contribution in [0.15, 0.2) is 21.5 Å². The molecule has 1 aliphatic heterocycles. The Morgan fingerprint density at radius 2 is 2.05 bits per heavy atom. The summed E-state index contributed by atoms with van der Waals surface area (Å²) in [5.74, 6) is 0. The van der Waals surface area contributed by atoms with Crippen molar-refractivity contribution < 1.29 is 13.5 Å². The lowest BCUT2D eigenvalue weighted by Gasteiger charge is -2.37. The highest BCUT2D eigenvalue weighted by molar-refractivity contribution is 9.10. The average molecular weight is 376 g/mol. The van der Waals surface area contributed by atoms with Crippen LogP contribution in [0.1, 0.15) is 37.8 Å². The molecule has 0 bridgehead atoms. The Hall–Kier alpha value is -0.430. The highest BCUT2D eigenvalue weighted by Crippen LogP contribution is 2.35. The number of piperidine rings is 1. The maximum absolute atomic E-state index is 12.9. The molecule has 0 spiro atoms. The van der Waals surface area contributed by atoms with E-state index in [4.69, 9.17) is 0 Å². The molecule has 21 heavy (non-hydrogen) atoms. The Morgan fingerprint density at radius 1 is 1.38 bits per heavy atom. The summed E-state index contributed by atoms with van der Waals surface area (Å²) in [5, 5.41) is 9.31. The topological polar surface area (TPSA) is 57.6 Å². The van der Waals surface area contributed by atoms with E-state index in [1.165, 1.54) is 0 Å². The second kappa shape index (κ2) is 5.99. The SMILES string of the molecule is Cc1cc(CO)cc(S(=O)(=O)N2CCCC(C)(C)C2)c1Br. The van der Waals surface area contributed by atoms with Gasteiger partial charge in [-0.15, -0.1) is 0 Å². The lowest BCUT2D eigenvalue weighted by atomic mass is 9.85. The first-order valence-electron chi connectivity index (χ1n) is 7.07. The normalized spacial score (nSPS) is 19.7. The molecule has 1 fully saturated rings. The minimum Gasteiger partial charge on any atom is -0.392 e. The molecule has 6 heteroatoms. The van der Waals surface area contributed by atoms with E-state index >= 15 is 0 Å². The van der Waals surface area contributed by atoms with E-state index in [2.05, 4.69) is 29.8 Å². The summed E-state index contributed by atoms with van der Waals surface area (Å²) in [4.78, 5) is 0.254. The summed E-state index contributed by atoms with van der Waals surface area (Å²) < 4.78 is 28.0. The molecule has 0 radical (unpaired) electrons. The Bertz CT molecular complexity index is 641. The number of hydrogen-bond acceptors (Lipinski definition) is 3. The van der Waals surface area contributed by atoms with Crippen LogP contribution < -0.4 is 0 Å². The zero-order valence-corrected chi connectivity index (χ0v) is 15.1. The molecule has 118 valence electrons. The Kier molecular flexibility index (Phi) is 4.83. The maximum Gasteiger partial charge on any atom is 0.244 e. The minimum atomic E-state index is -3.54. The van der Waals surface area contributed by atoms with E-state index in [-0.39, 0.29) is 16.9 Å². The van der Waals surface area contributed by atoms with Crippen LogP contribution in [-0.4, -0.2) is 30.9 Å². The Morgan fingerprint density at radius 3 is 2.62 bits per heavy atom. The molecule has 0 amide bonds. The lowest BCUT2D eigenvalue weighted by Crippen LogP contribution is -2.43. The van der Waals surface area contributed by atoms with E-state index in [0.717, 1.165) is 18.4 Å². The van der Waals surface area contributed by atoms with Crippen molar-refractivity contribution >= 4 is 26.0 Å². The monoisotopic (exact) mass is 375 g/mol. The van der Waals surface area contributed by atoms with Crippen LogP contribution in [0.4, 0.5) is 0 Å². The third-order valence-corrected chi connectivity index (χ3v) is 7.13. The van der Waals surface area contributed by atoms with Crippen molar-refractivity contribution in [3.63, 3.8) is 0 Å². The third-order valence-electron chi connectivity index (χ3n) is 3.95. The van der Waals surface area contributed by atoms with Crippen molar-refractivity contribution in [3.05, 3.63) is 27.7 Å². The van der Waals surface area contributed by atoms with Gasteiger partial charge in [0.1, 0.15) is 0 Å². The molecule has 1 aromatic carbocycles. The van der Waals surface area contributed by atoms with Crippen LogP contribution in [0.3, 0.4) is 0 Å². The summed E-state index contributed by atoms with van der Waals surface area (Å²) >= 11 is 3.39. The van der Waals surface area contributed by atoms with Gasteiger partial charge >= 0.3 is 0 Å². The molecule has 0 aliphatic carbocycles. The van der Waals surface area contributed by atoms with E-state index in [9.17, 15) is 13.5 Å². The molecule has 1 saturated heterocycles. The summed E-state index contributed by atoms with van der Waals surface area (Å²) in [6.45, 7) is 6.95. The average Bonchev–Trinajstić information content (AvgIpc) is 2.40. The number of rotatable bonds is 3. The zero-order valence-electron chi connectivity index (χ0n) is 12.7. The van der Waals surface area contributed by atoms with Gasteiger partial charge in [-0.2, -0.15) is 4.31 Å². The number of aliphatic hydroxyl groups excluding tert-OH is 1. The fraction of sp³-hybridized carbons (Fsp3) is 0.600. The first-order valence-corrected chi connectivity index (χ1v) is 9.31. The number of nitrogens with zero attached hydrogens (tertiary/aromatic N) is 1. The summed E-state index contributed by atoms with van der Waals surface area (Å²) in [6.07, 6.45) is 1.92. The van der Waals surface area contributed by atoms with Crippen LogP contribution >= 0.6 is 15.9 Å². The number of aliphatic hydroxyl groups is 1. The molecule has 0 atom stereocenters. The van der Waals surface area contributed by atoms with Crippen molar-refractivity contribution in [2.45, 2.75) is 45.1 Å². The number of aryl methyl sites for hydroxylation is 1. The molecule has 1 aliphatic rings. The predicted octanol–water partition coefficient (Wildman–Crippen LogP) is 3.06. The van der Waals surface area contributed by atoms with Crippen LogP contribution in [0.2, 0.25) is 0 Å². The minimum absolute atomic E-state index is 0.00142. The Balaban J connectivity index is 2.47. The summed E-state index contributed by atoms with van der Waals surface area (Å²) in [7, 11) is -3.54. The number of benzene rings is 1. The highest BCUT2D eigenvalue weighted by atomic mass is 79.9. The third kappa shape index (κ3) is 3.50. The van der Waals surface area contributed by atoms with Gasteiger partial charge in [0.15, 0.2) is 0 Å². The highest BCUT2D eigenvalue weighted by Gasteiger charge is 2.35. The maximum atomic E-state index is 12.9. The standard InChI is InChI=1S/C15H22BrNO3S/c1-11-7-12(9-18)8-13(14(11)16)21(19,20)17-6-4-5-15(2,3)10-17/h7-8,18H,4-6,9-10H2,1-3H3. The molecule has 0 saturated carbocycles. The van der Waals surface area contributed by atoms with Gasteiger partial charge in [0.05, 0.1) is 11.5 Å². The quantitative estimate of drug-likeness (QED) is 0.882. The molecule has 1 N–H and O–H groups in total. The van der Waals surface area contributed by atoms with Gasteiger partial charge in [0.2, 0.25) is 10.0 Å². The smallest absolute Gasteiger partial charge is 0.244 e. The van der Waals surface area contributed by atoms with Crippen molar-refractivity contribution in [1.29, 1.82) is 0 Å². The molecule has 0 unspecified atom stereocenters. The zero-order chi connectivity index (χ0) is 15.8. The molecule has 1 heterocycles. The van der Waals surface area contributed by atoms with Crippen LogP contribution in [0, 0.1) is 12.3 Å². The molecule has 0 aromatic heterocycles. The van der Waals surface area contributed by atoms with E-state index < -0.39 is 10.0 Å². The van der Waals surface area contributed by atoms with Gasteiger partial charge in [-0.25, -0.2) is 8.42 Å². The molecular weight excluding hydrogens is 354 g/mol. The van der Waals surface area contributed by atoms with Crippen molar-refractivity contribution in [1.82, 2.24) is 4.31 Å². The second-order valence-corrected chi connectivity index (χ2v) is 9.19. The van der Waals surface area contributed by atoms with Crippen LogP contribution in [0.25, 0.3) is 0 Å². The van der Waals surface area contributed by atoms with E-state index in [1.54, 1.807) is 16.4 Å². The van der Waals surface area contributed by atoms with Gasteiger partial charge in [0.25, 0.3) is 0 Å². The largest absolute Gasteiger partial charge is 0.392 e. The number of sulfonamides is 1. The fourth-order valence-corrected chi connectivity index (χ4v) is 5.50. The van der Waals surface area contributed by atoms with E-state index in [1.807, 2.05) is 6.92 Å². The van der Waals surface area contributed by atoms with Gasteiger partial charge in [-0.05, 0) is 58.3 Å². The molecular formula is C15H22BrNO3S. The lowest BCUT2D eigenvalue weighted by molar-refractivity contribution is 0.187. The van der Waals surface area contributed by atoms with Crippen LogP contribution in [-0.2, 0) is 16.6 Å². The Labute approximate surface area is 135 Å². The fourth-order valence-electron chi connectivity index (χ4n) is 2.80. The van der Waals surface area contributed by atoms with Crippen molar-refractivity contribution in [3.8, 4) is 0 Å². The summed E-state index contributed by atoms with van der Waals surface area (Å²) in [5.41, 5.74) is 1.43. The second-order valence-electron chi connectivity index (χ2n) is 6.49. The first-order chi connectivity index (χ1) is 9.67. The van der Waals surface area contributed by atoms with Crippen molar-refractivity contribution in [2.75, 3.05) is 13.1 Å². The predicted molar refractivity (Wildman–Crippen MR) is 86.6 cm³/mol. The number of halogens is 1. The van der Waals surface area contributed by atoms with E-state index in [0.29, 0.717) is 23.1 Å². The van der Waals surface area contributed by atoms with Gasteiger partial charge in [-0.1, -0.05) is 19.9 Å². The summed E-state index contributed by atoms with van der Waals surface area (Å²) in [6, 6.07) is 3.36. The first kappa shape index (κ1) is 16.9.